The SMILES string of the molecule is [K+].[O-]Cc1ccc(P)cc1. The van der Waals surface area contributed by atoms with Gasteiger partial charge < -0.3 is 5.11 Å². The van der Waals surface area contributed by atoms with Crippen molar-refractivity contribution in [2.45, 2.75) is 6.61 Å². The molecule has 0 N–H and O–H groups in total. The van der Waals surface area contributed by atoms with Gasteiger partial charge in [-0.3, -0.25) is 0 Å². The Hall–Kier alpha value is 1.25. The van der Waals surface area contributed by atoms with Crippen LogP contribution in [0.3, 0.4) is 0 Å². The van der Waals surface area contributed by atoms with Crippen LogP contribution in [0.2, 0.25) is 0 Å². The first-order valence-corrected chi connectivity index (χ1v) is 3.33. The molecule has 0 saturated heterocycles. The van der Waals surface area contributed by atoms with Gasteiger partial charge in [-0.05, 0) is 5.30 Å². The van der Waals surface area contributed by atoms with Crippen LogP contribution in [-0.4, -0.2) is 0 Å². The van der Waals surface area contributed by atoms with E-state index < -0.39 is 0 Å². The molecule has 0 saturated carbocycles. The van der Waals surface area contributed by atoms with Crippen molar-refractivity contribution in [2.75, 3.05) is 0 Å². The number of rotatable bonds is 1. The molecule has 3 heteroatoms. The average Bonchev–Trinajstić information content (AvgIpc) is 1.90. The molecule has 0 fully saturated rings. The maximum atomic E-state index is 10.2. The Labute approximate surface area is 106 Å². The van der Waals surface area contributed by atoms with Crippen molar-refractivity contribution in [3.63, 3.8) is 0 Å². The molecule has 1 unspecified atom stereocenters. The van der Waals surface area contributed by atoms with Crippen molar-refractivity contribution in [1.29, 1.82) is 0 Å². The zero-order valence-corrected chi connectivity index (χ0v) is 10.3. The molecule has 0 aliphatic heterocycles. The molecular weight excluding hydrogens is 170 g/mol. The van der Waals surface area contributed by atoms with Crippen molar-refractivity contribution in [2.24, 2.45) is 0 Å². The van der Waals surface area contributed by atoms with Crippen LogP contribution in [0.5, 0.6) is 0 Å². The van der Waals surface area contributed by atoms with E-state index in [0.717, 1.165) is 10.9 Å². The summed E-state index contributed by atoms with van der Waals surface area (Å²) in [4.78, 5) is 0. The van der Waals surface area contributed by atoms with Gasteiger partial charge in [0.2, 0.25) is 0 Å². The Bertz CT molecular complexity index is 185. The monoisotopic (exact) mass is 178 g/mol. The van der Waals surface area contributed by atoms with Crippen LogP contribution in [0.15, 0.2) is 24.3 Å². The molecule has 1 atom stereocenters. The molecule has 0 aromatic heterocycles. The Morgan fingerprint density at radius 2 is 1.70 bits per heavy atom. The van der Waals surface area contributed by atoms with Gasteiger partial charge in [-0.1, -0.05) is 29.8 Å². The Kier molecular flexibility index (Phi) is 6.57. The summed E-state index contributed by atoms with van der Waals surface area (Å²) in [5.41, 5.74) is 0.848. The van der Waals surface area contributed by atoms with Crippen LogP contribution in [0.25, 0.3) is 0 Å². The Morgan fingerprint density at radius 1 is 1.20 bits per heavy atom. The van der Waals surface area contributed by atoms with Crippen molar-refractivity contribution >= 4 is 14.5 Å². The van der Waals surface area contributed by atoms with Crippen molar-refractivity contribution in [3.05, 3.63) is 29.8 Å². The van der Waals surface area contributed by atoms with Crippen molar-refractivity contribution in [3.8, 4) is 0 Å². The molecule has 48 valence electrons. The summed E-state index contributed by atoms with van der Waals surface area (Å²) < 4.78 is 0. The molecule has 0 aliphatic carbocycles. The third-order valence-electron chi connectivity index (χ3n) is 1.15. The Morgan fingerprint density at radius 3 is 2.10 bits per heavy atom. The van der Waals surface area contributed by atoms with Gasteiger partial charge in [0.1, 0.15) is 0 Å². The molecule has 1 nitrogen and oxygen atoms in total. The summed E-state index contributed by atoms with van der Waals surface area (Å²) in [7, 11) is 2.57. The van der Waals surface area contributed by atoms with E-state index in [2.05, 4.69) is 9.24 Å². The van der Waals surface area contributed by atoms with E-state index in [4.69, 9.17) is 0 Å². The fourth-order valence-electron chi connectivity index (χ4n) is 0.614. The zero-order chi connectivity index (χ0) is 6.69. The number of hydrogen-bond acceptors (Lipinski definition) is 1. The summed E-state index contributed by atoms with van der Waals surface area (Å²) in [6.07, 6.45) is 0. The normalized spacial score (nSPS) is 8.60. The molecule has 1 rings (SSSR count). The first kappa shape index (κ1) is 11.2. The summed E-state index contributed by atoms with van der Waals surface area (Å²) in [6.45, 7) is -0.120. The van der Waals surface area contributed by atoms with Gasteiger partial charge in [-0.25, -0.2) is 0 Å². The molecule has 10 heavy (non-hydrogen) atoms. The number of benzene rings is 1. The second-order valence-electron chi connectivity index (χ2n) is 1.89. The van der Waals surface area contributed by atoms with Gasteiger partial charge in [0, 0.05) is 0 Å². The predicted molar refractivity (Wildman–Crippen MR) is 39.5 cm³/mol. The topological polar surface area (TPSA) is 23.1 Å². The fourth-order valence-corrected chi connectivity index (χ4v) is 0.806. The minimum absolute atomic E-state index is 0. The third kappa shape index (κ3) is 3.58. The van der Waals surface area contributed by atoms with Gasteiger partial charge in [0.05, 0.1) is 0 Å². The molecule has 0 amide bonds. The van der Waals surface area contributed by atoms with Crippen molar-refractivity contribution < 1.29 is 56.5 Å². The van der Waals surface area contributed by atoms with Crippen LogP contribution in [0.4, 0.5) is 0 Å². The average molecular weight is 178 g/mol. The van der Waals surface area contributed by atoms with E-state index in [0.29, 0.717) is 0 Å². The van der Waals surface area contributed by atoms with Crippen LogP contribution >= 0.6 is 9.24 Å². The van der Waals surface area contributed by atoms with E-state index >= 15 is 0 Å². The van der Waals surface area contributed by atoms with Crippen LogP contribution in [0.1, 0.15) is 5.56 Å². The zero-order valence-electron chi connectivity index (χ0n) is 6.00. The van der Waals surface area contributed by atoms with Crippen LogP contribution in [-0.2, 0) is 6.61 Å². The summed E-state index contributed by atoms with van der Waals surface area (Å²) in [5.74, 6) is 0. The quantitative estimate of drug-likeness (QED) is 0.333. The molecule has 0 aliphatic rings. The Balaban J connectivity index is 0.000000810. The van der Waals surface area contributed by atoms with E-state index in [1.165, 1.54) is 0 Å². The van der Waals surface area contributed by atoms with E-state index in [1.807, 2.05) is 24.3 Å². The minimum atomic E-state index is -0.120. The summed E-state index contributed by atoms with van der Waals surface area (Å²) in [6, 6.07) is 7.51. The minimum Gasteiger partial charge on any atom is -0.851 e. The van der Waals surface area contributed by atoms with Gasteiger partial charge in [0.15, 0.2) is 0 Å². The molecule has 0 bridgehead atoms. The maximum Gasteiger partial charge on any atom is 1.00 e. The third-order valence-corrected chi connectivity index (χ3v) is 1.53. The second kappa shape index (κ2) is 5.84. The molecule has 0 heterocycles. The summed E-state index contributed by atoms with van der Waals surface area (Å²) in [5, 5.41) is 11.4. The maximum absolute atomic E-state index is 10.2. The van der Waals surface area contributed by atoms with Gasteiger partial charge >= 0.3 is 51.4 Å². The standard InChI is InChI=1S/C7H8OP.K/c8-5-6-1-3-7(9)4-2-6;/h1-4H,5,9H2;/q-1;+1. The molecule has 1 aromatic carbocycles. The number of hydrogen-bond donors (Lipinski definition) is 0. The van der Waals surface area contributed by atoms with E-state index in [1.54, 1.807) is 0 Å². The molecule has 1 aromatic rings. The largest absolute Gasteiger partial charge is 1.00 e. The van der Waals surface area contributed by atoms with Crippen LogP contribution in [0, 0.1) is 0 Å². The van der Waals surface area contributed by atoms with Gasteiger partial charge in [-0.15, -0.1) is 15.8 Å². The second-order valence-corrected chi connectivity index (χ2v) is 2.55. The van der Waals surface area contributed by atoms with Gasteiger partial charge in [0.25, 0.3) is 0 Å². The first-order chi connectivity index (χ1) is 4.33. The molecule has 0 radical (unpaired) electrons. The molecular formula is C7H8KOP. The molecule has 0 spiro atoms. The summed E-state index contributed by atoms with van der Waals surface area (Å²) >= 11 is 0. The van der Waals surface area contributed by atoms with E-state index in [9.17, 15) is 5.11 Å². The van der Waals surface area contributed by atoms with E-state index in [-0.39, 0.29) is 58.0 Å². The fraction of sp³-hybridized carbons (Fsp3) is 0.143. The smallest absolute Gasteiger partial charge is 0.851 e. The first-order valence-electron chi connectivity index (χ1n) is 2.75. The van der Waals surface area contributed by atoms with Crippen molar-refractivity contribution in [1.82, 2.24) is 0 Å². The van der Waals surface area contributed by atoms with Gasteiger partial charge in [-0.2, -0.15) is 0 Å². The van der Waals surface area contributed by atoms with Crippen LogP contribution < -0.4 is 61.8 Å². The predicted octanol–water partition coefficient (Wildman–Crippen LogP) is -2.95.